The van der Waals surface area contributed by atoms with E-state index in [0.29, 0.717) is 5.41 Å². The molecule has 2 heterocycles. The monoisotopic (exact) mass is 836 g/mol. The Morgan fingerprint density at radius 3 is 1.75 bits per heavy atom. The molecule has 0 saturated heterocycles. The van der Waals surface area contributed by atoms with Gasteiger partial charge in [0, 0.05) is 50.4 Å². The molecule has 3 nitrogen and oxygen atoms in total. The molecule has 4 aliphatic carbocycles. The number of aromatic nitrogens is 1. The first kappa shape index (κ1) is 37.1. The number of fused-ring (bicyclic) bond motifs is 7. The molecule has 0 spiro atoms. The highest BCUT2D eigenvalue weighted by atomic mass is 16.3. The summed E-state index contributed by atoms with van der Waals surface area (Å²) in [5, 5.41) is 7.33. The van der Waals surface area contributed by atoms with Crippen LogP contribution >= 0.6 is 0 Å². The summed E-state index contributed by atoms with van der Waals surface area (Å²) in [7, 11) is 0. The Kier molecular flexibility index (Phi) is 8.17. The summed E-state index contributed by atoms with van der Waals surface area (Å²) < 4.78 is 9.38. The van der Waals surface area contributed by atoms with Gasteiger partial charge in [-0.3, -0.25) is 0 Å². The fourth-order valence-electron chi connectivity index (χ4n) is 13.4. The van der Waals surface area contributed by atoms with Crippen LogP contribution in [0.3, 0.4) is 0 Å². The number of hydrogen-bond acceptors (Lipinski definition) is 2. The van der Waals surface area contributed by atoms with Gasteiger partial charge in [-0.05, 0) is 161 Å². The summed E-state index contributed by atoms with van der Waals surface area (Å²) in [5.41, 5.74) is 15.3. The lowest BCUT2D eigenvalue weighted by Crippen LogP contribution is -2.48. The third kappa shape index (κ3) is 5.88. The normalized spacial score (nSPS) is 20.2. The Labute approximate surface area is 379 Å². The number of benzene rings is 9. The predicted octanol–water partition coefficient (Wildman–Crippen LogP) is 17.1. The van der Waals surface area contributed by atoms with Gasteiger partial charge in [0.2, 0.25) is 0 Å². The molecule has 4 saturated carbocycles. The molecule has 0 radical (unpaired) electrons. The van der Waals surface area contributed by atoms with Crippen LogP contribution in [-0.2, 0) is 5.41 Å². The lowest BCUT2D eigenvalue weighted by atomic mass is 9.48. The number of furan rings is 1. The van der Waals surface area contributed by atoms with Crippen molar-refractivity contribution in [2.75, 3.05) is 4.90 Å². The third-order valence-corrected chi connectivity index (χ3v) is 15.7. The third-order valence-electron chi connectivity index (χ3n) is 15.7. The number of anilines is 3. The fourth-order valence-corrected chi connectivity index (χ4v) is 13.4. The Bertz CT molecular complexity index is 3610. The maximum Gasteiger partial charge on any atom is 0.137 e. The molecule has 0 atom stereocenters. The largest absolute Gasteiger partial charge is 0.456 e. The summed E-state index contributed by atoms with van der Waals surface area (Å²) in [4.78, 5) is 2.42. The minimum absolute atomic E-state index is 0.321. The molecule has 0 unspecified atom stereocenters. The molecule has 0 N–H and O–H groups in total. The van der Waals surface area contributed by atoms with Crippen LogP contribution in [0.15, 0.2) is 205 Å². The van der Waals surface area contributed by atoms with Gasteiger partial charge in [0.15, 0.2) is 0 Å². The summed E-state index contributed by atoms with van der Waals surface area (Å²) in [6.07, 6.45) is 8.40. The highest BCUT2D eigenvalue weighted by molar-refractivity contribution is 6.11. The van der Waals surface area contributed by atoms with E-state index >= 15 is 0 Å². The summed E-state index contributed by atoms with van der Waals surface area (Å²) in [6.45, 7) is 0. The smallest absolute Gasteiger partial charge is 0.137 e. The van der Waals surface area contributed by atoms with Gasteiger partial charge in [-0.25, -0.2) is 0 Å². The second-order valence-electron chi connectivity index (χ2n) is 19.5. The standard InChI is InChI=1S/C62H48N2O/c1-3-12-43(13-4-1)51-21-10-14-44-15-11-22-52(61(44)51)45-16-9-19-48(33-45)63(49-25-28-54-53-20-7-8-23-57(53)64(58(54)35-49)47-17-5-2-6-18-47)50-26-29-56-55-27-24-46(34-59(55)65-60(56)36-50)62-37-40-30-41(38-62)32-42(31-40)39-62/h1-29,33-36,40-42H,30-32,37-39H2. The zero-order valence-corrected chi connectivity index (χ0v) is 36.3. The van der Waals surface area contributed by atoms with Crippen molar-refractivity contribution in [1.82, 2.24) is 4.57 Å². The fraction of sp³-hybridized carbons (Fsp3) is 0.161. The van der Waals surface area contributed by atoms with Crippen LogP contribution in [0.2, 0.25) is 0 Å². The van der Waals surface area contributed by atoms with Gasteiger partial charge in [0.1, 0.15) is 11.2 Å². The van der Waals surface area contributed by atoms with Crippen LogP contribution in [0.4, 0.5) is 17.1 Å². The zero-order chi connectivity index (χ0) is 42.6. The molecule has 0 aliphatic heterocycles. The van der Waals surface area contributed by atoms with E-state index in [1.807, 2.05) is 0 Å². The first-order valence-corrected chi connectivity index (χ1v) is 23.7. The number of rotatable bonds is 7. The van der Waals surface area contributed by atoms with Crippen LogP contribution in [0, 0.1) is 17.8 Å². The Morgan fingerprint density at radius 2 is 1.00 bits per heavy atom. The average molecular weight is 837 g/mol. The van der Waals surface area contributed by atoms with E-state index in [1.54, 1.807) is 0 Å². The second-order valence-corrected chi connectivity index (χ2v) is 19.5. The molecular formula is C62H48N2O. The Balaban J connectivity index is 0.955. The van der Waals surface area contributed by atoms with Crippen LogP contribution in [0.5, 0.6) is 0 Å². The van der Waals surface area contributed by atoms with E-state index < -0.39 is 0 Å². The molecule has 0 amide bonds. The van der Waals surface area contributed by atoms with Crippen LogP contribution < -0.4 is 4.90 Å². The van der Waals surface area contributed by atoms with Crippen molar-refractivity contribution >= 4 is 71.6 Å². The summed E-state index contributed by atoms with van der Waals surface area (Å²) in [5.74, 6) is 2.71. The lowest BCUT2D eigenvalue weighted by molar-refractivity contribution is -0.00515. The molecule has 65 heavy (non-hydrogen) atoms. The Hall–Kier alpha value is -7.36. The van der Waals surface area contributed by atoms with Crippen LogP contribution in [-0.4, -0.2) is 4.57 Å². The van der Waals surface area contributed by atoms with E-state index in [2.05, 4.69) is 210 Å². The lowest BCUT2D eigenvalue weighted by Gasteiger charge is -2.57. The van der Waals surface area contributed by atoms with Crippen LogP contribution in [0.25, 0.3) is 82.5 Å². The quantitative estimate of drug-likeness (QED) is 0.159. The molecule has 4 aliphatic rings. The SMILES string of the molecule is c1ccc(-c2cccc3cccc(-c4cccc(N(c5ccc6c(c5)oc5cc(C78CC9CC(CC(C9)C7)C8)ccc56)c5ccc6c7ccccc7n(-c7ccccc7)c6c5)c4)c23)cc1. The topological polar surface area (TPSA) is 21.3 Å². The highest BCUT2D eigenvalue weighted by Gasteiger charge is 2.51. The van der Waals surface area contributed by atoms with Crippen molar-refractivity contribution < 1.29 is 4.42 Å². The van der Waals surface area contributed by atoms with E-state index in [1.165, 1.54) is 110 Å². The highest BCUT2D eigenvalue weighted by Crippen LogP contribution is 2.61. The van der Waals surface area contributed by atoms with Crippen molar-refractivity contribution in [3.63, 3.8) is 0 Å². The van der Waals surface area contributed by atoms with E-state index in [0.717, 1.165) is 51.7 Å². The molecule has 15 rings (SSSR count). The molecule has 4 bridgehead atoms. The molecule has 2 aromatic heterocycles. The van der Waals surface area contributed by atoms with E-state index in [9.17, 15) is 0 Å². The van der Waals surface area contributed by atoms with Gasteiger partial charge in [-0.1, -0.05) is 133 Å². The summed E-state index contributed by atoms with van der Waals surface area (Å²) >= 11 is 0. The molecule has 312 valence electrons. The number of hydrogen-bond donors (Lipinski definition) is 0. The predicted molar refractivity (Wildman–Crippen MR) is 271 cm³/mol. The molecule has 9 aromatic carbocycles. The Morgan fingerprint density at radius 1 is 0.431 bits per heavy atom. The minimum atomic E-state index is 0.321. The van der Waals surface area contributed by atoms with Gasteiger partial charge in [-0.2, -0.15) is 0 Å². The average Bonchev–Trinajstić information content (AvgIpc) is 3.88. The van der Waals surface area contributed by atoms with Gasteiger partial charge < -0.3 is 13.9 Å². The molecule has 11 aromatic rings. The van der Waals surface area contributed by atoms with Crippen molar-refractivity contribution in [1.29, 1.82) is 0 Å². The van der Waals surface area contributed by atoms with Gasteiger partial charge in [0.25, 0.3) is 0 Å². The first-order valence-electron chi connectivity index (χ1n) is 23.7. The minimum Gasteiger partial charge on any atom is -0.456 e. The second kappa shape index (κ2) is 14.3. The van der Waals surface area contributed by atoms with Gasteiger partial charge >= 0.3 is 0 Å². The van der Waals surface area contributed by atoms with E-state index in [-0.39, 0.29) is 0 Å². The van der Waals surface area contributed by atoms with Crippen LogP contribution in [0.1, 0.15) is 44.1 Å². The first-order chi connectivity index (χ1) is 32.1. The van der Waals surface area contributed by atoms with Gasteiger partial charge in [-0.15, -0.1) is 0 Å². The molecular weight excluding hydrogens is 789 g/mol. The number of nitrogens with zero attached hydrogens (tertiary/aromatic N) is 2. The molecule has 3 heteroatoms. The van der Waals surface area contributed by atoms with E-state index in [4.69, 9.17) is 4.42 Å². The van der Waals surface area contributed by atoms with Gasteiger partial charge in [0.05, 0.1) is 11.0 Å². The van der Waals surface area contributed by atoms with Crippen molar-refractivity contribution in [3.8, 4) is 27.9 Å². The van der Waals surface area contributed by atoms with Crippen molar-refractivity contribution in [3.05, 3.63) is 206 Å². The summed E-state index contributed by atoms with van der Waals surface area (Å²) in [6, 6.07) is 73.9. The maximum atomic E-state index is 6.97. The molecule has 4 fully saturated rings. The zero-order valence-electron chi connectivity index (χ0n) is 36.3. The van der Waals surface area contributed by atoms with Crippen molar-refractivity contribution in [2.24, 2.45) is 17.8 Å². The maximum absolute atomic E-state index is 6.97. The van der Waals surface area contributed by atoms with Crippen molar-refractivity contribution in [2.45, 2.75) is 43.9 Å². The number of para-hydroxylation sites is 2.